The van der Waals surface area contributed by atoms with E-state index < -0.39 is 0 Å². The second kappa shape index (κ2) is 4.84. The van der Waals surface area contributed by atoms with Crippen molar-refractivity contribution >= 4 is 33.3 Å². The summed E-state index contributed by atoms with van der Waals surface area (Å²) in [6.45, 7) is 4.15. The van der Waals surface area contributed by atoms with E-state index in [1.807, 2.05) is 11.0 Å². The number of nitrogens with one attached hydrogen (secondary N) is 1. The van der Waals surface area contributed by atoms with Crippen molar-refractivity contribution in [3.8, 4) is 0 Å². The molecule has 1 saturated heterocycles. The van der Waals surface area contributed by atoms with Gasteiger partial charge in [0.25, 0.3) is 0 Å². The zero-order valence-corrected chi connectivity index (χ0v) is 13.9. The van der Waals surface area contributed by atoms with Crippen molar-refractivity contribution in [2.75, 3.05) is 24.5 Å². The lowest BCUT2D eigenvalue weighted by atomic mass is 9.81. The number of H-pyrrole nitrogens is 1. The summed E-state index contributed by atoms with van der Waals surface area (Å²) in [6.07, 6.45) is 2.77. The van der Waals surface area contributed by atoms with Gasteiger partial charge >= 0.3 is 0 Å². The van der Waals surface area contributed by atoms with Gasteiger partial charge in [0, 0.05) is 48.2 Å². The number of benzene rings is 1. The molecule has 0 saturated carbocycles. The maximum absolute atomic E-state index is 11.8. The topological polar surface area (TPSA) is 52.2 Å². The molecule has 1 fully saturated rings. The van der Waals surface area contributed by atoms with Gasteiger partial charge in [0.2, 0.25) is 5.91 Å². The smallest absolute Gasteiger partial charge is 0.219 e. The van der Waals surface area contributed by atoms with Crippen LogP contribution in [-0.2, 0) is 10.2 Å². The van der Waals surface area contributed by atoms with Crippen LogP contribution in [0.4, 0.5) is 11.5 Å². The normalized spacial score (nSPS) is 23.4. The Balaban J connectivity index is 1.80. The van der Waals surface area contributed by atoms with E-state index in [1.54, 1.807) is 13.1 Å². The fourth-order valence-corrected chi connectivity index (χ4v) is 4.11. The van der Waals surface area contributed by atoms with Crippen LogP contribution >= 0.6 is 15.9 Å². The number of hydrogen-bond acceptors (Lipinski definition) is 3. The first-order valence-corrected chi connectivity index (χ1v) is 8.21. The van der Waals surface area contributed by atoms with E-state index in [1.165, 1.54) is 11.3 Å². The molecule has 0 bridgehead atoms. The van der Waals surface area contributed by atoms with Gasteiger partial charge in [-0.15, -0.1) is 0 Å². The number of aromatic amines is 1. The van der Waals surface area contributed by atoms with Crippen LogP contribution in [0.2, 0.25) is 0 Å². The lowest BCUT2D eigenvalue weighted by Gasteiger charge is -2.25. The number of hydrogen-bond donors (Lipinski definition) is 1. The molecule has 6 heteroatoms. The molecule has 1 amide bonds. The Morgan fingerprint density at radius 2 is 2.23 bits per heavy atom. The molecule has 2 aliphatic heterocycles. The minimum Gasteiger partial charge on any atom is -0.342 e. The van der Waals surface area contributed by atoms with E-state index in [0.717, 1.165) is 36.3 Å². The van der Waals surface area contributed by atoms with Gasteiger partial charge in [-0.1, -0.05) is 15.9 Å². The zero-order valence-electron chi connectivity index (χ0n) is 12.3. The highest BCUT2D eigenvalue weighted by atomic mass is 79.9. The van der Waals surface area contributed by atoms with E-state index in [9.17, 15) is 4.79 Å². The van der Waals surface area contributed by atoms with Crippen molar-refractivity contribution < 1.29 is 4.79 Å². The molecule has 1 N–H and O–H groups in total. The summed E-state index contributed by atoms with van der Waals surface area (Å²) in [5, 5.41) is 7.13. The molecule has 1 spiro atoms. The monoisotopic (exact) mass is 360 g/mol. The molecule has 0 aliphatic carbocycles. The van der Waals surface area contributed by atoms with E-state index in [4.69, 9.17) is 0 Å². The molecular weight excluding hydrogens is 344 g/mol. The van der Waals surface area contributed by atoms with Gasteiger partial charge in [0.05, 0.1) is 6.20 Å². The van der Waals surface area contributed by atoms with Crippen LogP contribution < -0.4 is 4.90 Å². The first kappa shape index (κ1) is 13.8. The van der Waals surface area contributed by atoms with Crippen LogP contribution in [-0.4, -0.2) is 40.6 Å². The van der Waals surface area contributed by atoms with Gasteiger partial charge in [-0.25, -0.2) is 0 Å². The number of aromatic nitrogens is 2. The van der Waals surface area contributed by atoms with Crippen molar-refractivity contribution in [3.63, 3.8) is 0 Å². The van der Waals surface area contributed by atoms with Gasteiger partial charge in [0.1, 0.15) is 5.82 Å². The Morgan fingerprint density at radius 3 is 2.91 bits per heavy atom. The Kier molecular flexibility index (Phi) is 3.04. The van der Waals surface area contributed by atoms with Crippen LogP contribution in [0.5, 0.6) is 0 Å². The lowest BCUT2D eigenvalue weighted by Crippen LogP contribution is -2.36. The minimum absolute atomic E-state index is 0.00981. The second-order valence-electron chi connectivity index (χ2n) is 6.16. The molecule has 1 aromatic carbocycles. The Labute approximate surface area is 137 Å². The van der Waals surface area contributed by atoms with Gasteiger partial charge in [0.15, 0.2) is 0 Å². The van der Waals surface area contributed by atoms with Gasteiger partial charge in [-0.05, 0) is 30.2 Å². The quantitative estimate of drug-likeness (QED) is 0.850. The number of anilines is 2. The summed E-state index contributed by atoms with van der Waals surface area (Å²) in [5.41, 5.74) is 2.54. The Hall–Kier alpha value is -1.82. The third-order valence-electron chi connectivity index (χ3n) is 4.86. The summed E-state index contributed by atoms with van der Waals surface area (Å²) < 4.78 is 1.08. The second-order valence-corrected chi connectivity index (χ2v) is 7.08. The molecule has 3 heterocycles. The average Bonchev–Trinajstić information content (AvgIpc) is 3.20. The number of halogens is 1. The van der Waals surface area contributed by atoms with Crippen LogP contribution in [0.3, 0.4) is 0 Å². The van der Waals surface area contributed by atoms with Crippen LogP contribution in [0.1, 0.15) is 18.9 Å². The third kappa shape index (κ3) is 1.97. The third-order valence-corrected chi connectivity index (χ3v) is 5.35. The predicted octanol–water partition coefficient (Wildman–Crippen LogP) is 2.81. The summed E-state index contributed by atoms with van der Waals surface area (Å²) in [4.78, 5) is 16.0. The molecule has 1 atom stereocenters. The van der Waals surface area contributed by atoms with Crippen molar-refractivity contribution in [2.45, 2.75) is 18.8 Å². The first-order chi connectivity index (χ1) is 10.6. The van der Waals surface area contributed by atoms with E-state index in [2.05, 4.69) is 49.2 Å². The van der Waals surface area contributed by atoms with Gasteiger partial charge in [-0.2, -0.15) is 5.10 Å². The molecule has 2 aliphatic rings. The minimum atomic E-state index is 0.00981. The van der Waals surface area contributed by atoms with Gasteiger partial charge in [-0.3, -0.25) is 9.89 Å². The van der Waals surface area contributed by atoms with E-state index in [-0.39, 0.29) is 11.3 Å². The summed E-state index contributed by atoms with van der Waals surface area (Å²) in [5.74, 6) is 1.16. The molecule has 114 valence electrons. The highest BCUT2D eigenvalue weighted by Gasteiger charge is 2.48. The number of carbonyl (C=O) groups is 1. The highest BCUT2D eigenvalue weighted by Crippen LogP contribution is 2.49. The molecule has 4 rings (SSSR count). The first-order valence-electron chi connectivity index (χ1n) is 7.42. The SMILES string of the molecule is CC(=O)N1CCC2(C1)CN(c1ccn[nH]1)c1ccc(Br)cc12. The standard InChI is InChI=1S/C16H17BrN4O/c1-11(22)20-7-5-16(9-20)10-21(15-4-6-18-19-15)14-3-2-12(17)8-13(14)16/h2-4,6,8H,5,7,9-10H2,1H3,(H,18,19). The summed E-state index contributed by atoms with van der Waals surface area (Å²) in [6, 6.07) is 8.40. The van der Waals surface area contributed by atoms with Crippen molar-refractivity contribution in [3.05, 3.63) is 40.5 Å². The number of likely N-dealkylation sites (tertiary alicyclic amines) is 1. The zero-order chi connectivity index (χ0) is 15.3. The van der Waals surface area contributed by atoms with Crippen LogP contribution in [0.15, 0.2) is 34.9 Å². The maximum Gasteiger partial charge on any atom is 0.219 e. The molecule has 5 nitrogen and oxygen atoms in total. The van der Waals surface area contributed by atoms with Crippen LogP contribution in [0, 0.1) is 0 Å². The number of carbonyl (C=O) groups excluding carboxylic acids is 1. The molecule has 1 aromatic heterocycles. The van der Waals surface area contributed by atoms with Crippen molar-refractivity contribution in [2.24, 2.45) is 0 Å². The molecule has 1 unspecified atom stereocenters. The van der Waals surface area contributed by atoms with Gasteiger partial charge < -0.3 is 9.80 Å². The van der Waals surface area contributed by atoms with Crippen molar-refractivity contribution in [1.82, 2.24) is 15.1 Å². The predicted molar refractivity (Wildman–Crippen MR) is 88.3 cm³/mol. The molecule has 22 heavy (non-hydrogen) atoms. The Morgan fingerprint density at radius 1 is 1.36 bits per heavy atom. The fraction of sp³-hybridized carbons (Fsp3) is 0.375. The number of rotatable bonds is 1. The van der Waals surface area contributed by atoms with Crippen LogP contribution in [0.25, 0.3) is 0 Å². The molecule has 0 radical (unpaired) electrons. The Bertz CT molecular complexity index is 730. The van der Waals surface area contributed by atoms with Crippen molar-refractivity contribution in [1.29, 1.82) is 0 Å². The molecule has 2 aromatic rings. The number of nitrogens with zero attached hydrogens (tertiary/aromatic N) is 3. The number of fused-ring (bicyclic) bond motifs is 2. The lowest BCUT2D eigenvalue weighted by molar-refractivity contribution is -0.127. The van der Waals surface area contributed by atoms with E-state index >= 15 is 0 Å². The summed E-state index contributed by atoms with van der Waals surface area (Å²) in [7, 11) is 0. The summed E-state index contributed by atoms with van der Waals surface area (Å²) >= 11 is 3.59. The average molecular weight is 361 g/mol. The maximum atomic E-state index is 11.8. The highest BCUT2D eigenvalue weighted by molar-refractivity contribution is 9.10. The fourth-order valence-electron chi connectivity index (χ4n) is 3.75. The van der Waals surface area contributed by atoms with E-state index in [0.29, 0.717) is 0 Å². The molecular formula is C16H17BrN4O. The largest absolute Gasteiger partial charge is 0.342 e. The number of amides is 1.